The zero-order valence-electron chi connectivity index (χ0n) is 10.6. The van der Waals surface area contributed by atoms with Crippen molar-refractivity contribution < 1.29 is 9.84 Å². The Morgan fingerprint density at radius 1 is 1.35 bits per heavy atom. The van der Waals surface area contributed by atoms with Crippen LogP contribution in [0.2, 0.25) is 0 Å². The highest BCUT2D eigenvalue weighted by Crippen LogP contribution is 2.22. The van der Waals surface area contributed by atoms with E-state index in [4.69, 9.17) is 4.74 Å². The minimum atomic E-state index is -0.436. The van der Waals surface area contributed by atoms with Gasteiger partial charge in [-0.2, -0.15) is 0 Å². The van der Waals surface area contributed by atoms with E-state index in [9.17, 15) is 5.11 Å². The predicted octanol–water partition coefficient (Wildman–Crippen LogP) is 1.80. The molecule has 0 aromatic heterocycles. The molecule has 1 aromatic rings. The van der Waals surface area contributed by atoms with E-state index >= 15 is 0 Å². The molecule has 0 spiro atoms. The molecule has 0 amide bonds. The Kier molecular flexibility index (Phi) is 4.02. The Morgan fingerprint density at radius 3 is 2.59 bits per heavy atom. The highest BCUT2D eigenvalue weighted by Gasteiger charge is 2.21. The molecule has 2 N–H and O–H groups in total. The molecular weight excluding hydrogens is 214 g/mol. The number of para-hydroxylation sites is 1. The Labute approximate surface area is 103 Å². The smallest absolute Gasteiger partial charge is 0.125 e. The first kappa shape index (κ1) is 12.4. The molecule has 0 bridgehead atoms. The normalized spacial score (nSPS) is 16.9. The van der Waals surface area contributed by atoms with E-state index in [-0.39, 0.29) is 0 Å². The summed E-state index contributed by atoms with van der Waals surface area (Å²) in [5.41, 5.74) is 2.24. The summed E-state index contributed by atoms with van der Waals surface area (Å²) in [6.07, 6.45) is 2.05. The zero-order chi connectivity index (χ0) is 12.3. The van der Waals surface area contributed by atoms with E-state index in [1.54, 1.807) is 0 Å². The van der Waals surface area contributed by atoms with Gasteiger partial charge in [-0.1, -0.05) is 18.2 Å². The van der Waals surface area contributed by atoms with Gasteiger partial charge in [0.05, 0.1) is 0 Å². The van der Waals surface area contributed by atoms with Crippen LogP contribution in [0.1, 0.15) is 24.0 Å². The van der Waals surface area contributed by atoms with E-state index in [1.807, 2.05) is 32.0 Å². The van der Waals surface area contributed by atoms with Gasteiger partial charge in [-0.3, -0.25) is 0 Å². The minimum Gasteiger partial charge on any atom is -0.490 e. The number of nitrogens with one attached hydrogen (secondary N) is 1. The van der Waals surface area contributed by atoms with E-state index in [2.05, 4.69) is 5.32 Å². The van der Waals surface area contributed by atoms with Gasteiger partial charge in [0.15, 0.2) is 0 Å². The third kappa shape index (κ3) is 3.72. The van der Waals surface area contributed by atoms with Crippen LogP contribution in [-0.4, -0.2) is 30.4 Å². The molecule has 1 aliphatic carbocycles. The largest absolute Gasteiger partial charge is 0.490 e. The number of aliphatic hydroxyl groups is 1. The summed E-state index contributed by atoms with van der Waals surface area (Å²) in [6.45, 7) is 5.02. The van der Waals surface area contributed by atoms with Gasteiger partial charge in [0.1, 0.15) is 18.5 Å². The van der Waals surface area contributed by atoms with Crippen LogP contribution in [0.4, 0.5) is 0 Å². The lowest BCUT2D eigenvalue weighted by Crippen LogP contribution is -2.32. The Balaban J connectivity index is 1.79. The van der Waals surface area contributed by atoms with Gasteiger partial charge in [0.25, 0.3) is 0 Å². The molecule has 1 saturated carbocycles. The van der Waals surface area contributed by atoms with E-state index in [1.165, 1.54) is 12.8 Å². The molecule has 0 radical (unpaired) electrons. The molecule has 0 saturated heterocycles. The number of ether oxygens (including phenoxy) is 1. The Morgan fingerprint density at radius 2 is 2.00 bits per heavy atom. The Bertz CT molecular complexity index is 354. The van der Waals surface area contributed by atoms with Crippen LogP contribution >= 0.6 is 0 Å². The number of rotatable bonds is 6. The van der Waals surface area contributed by atoms with Gasteiger partial charge >= 0.3 is 0 Å². The fraction of sp³-hybridized carbons (Fsp3) is 0.571. The molecule has 3 heteroatoms. The van der Waals surface area contributed by atoms with Crippen molar-refractivity contribution in [1.29, 1.82) is 0 Å². The second-order valence-corrected chi connectivity index (χ2v) is 4.87. The van der Waals surface area contributed by atoms with E-state index in [0.29, 0.717) is 19.2 Å². The van der Waals surface area contributed by atoms with Gasteiger partial charge in [-0.05, 0) is 37.8 Å². The van der Waals surface area contributed by atoms with Crippen LogP contribution in [0.5, 0.6) is 5.75 Å². The molecule has 1 aliphatic rings. The molecule has 1 unspecified atom stereocenters. The van der Waals surface area contributed by atoms with Crippen molar-refractivity contribution in [1.82, 2.24) is 5.32 Å². The molecule has 1 fully saturated rings. The number of aliphatic hydroxyl groups excluding tert-OH is 1. The van der Waals surface area contributed by atoms with Crippen molar-refractivity contribution in [2.24, 2.45) is 0 Å². The first-order chi connectivity index (χ1) is 8.16. The van der Waals surface area contributed by atoms with Crippen LogP contribution in [0.25, 0.3) is 0 Å². The molecule has 1 aromatic carbocycles. The zero-order valence-corrected chi connectivity index (χ0v) is 10.6. The lowest BCUT2D eigenvalue weighted by atomic mass is 10.1. The molecule has 0 aliphatic heterocycles. The van der Waals surface area contributed by atoms with Crippen LogP contribution in [0.15, 0.2) is 18.2 Å². The van der Waals surface area contributed by atoms with Crippen molar-refractivity contribution in [3.05, 3.63) is 29.3 Å². The van der Waals surface area contributed by atoms with Crippen molar-refractivity contribution in [2.75, 3.05) is 13.2 Å². The fourth-order valence-corrected chi connectivity index (χ4v) is 1.86. The SMILES string of the molecule is Cc1cccc(C)c1OCC(O)CNC1CC1. The second kappa shape index (κ2) is 5.52. The molecule has 17 heavy (non-hydrogen) atoms. The first-order valence-electron chi connectivity index (χ1n) is 6.27. The van der Waals surface area contributed by atoms with Gasteiger partial charge in [-0.15, -0.1) is 0 Å². The van der Waals surface area contributed by atoms with Gasteiger partial charge in [0, 0.05) is 12.6 Å². The van der Waals surface area contributed by atoms with Crippen molar-refractivity contribution in [2.45, 2.75) is 38.8 Å². The average molecular weight is 235 g/mol. The summed E-state index contributed by atoms with van der Waals surface area (Å²) < 4.78 is 5.69. The van der Waals surface area contributed by atoms with Crippen LogP contribution in [0.3, 0.4) is 0 Å². The number of benzene rings is 1. The van der Waals surface area contributed by atoms with Crippen molar-refractivity contribution in [3.63, 3.8) is 0 Å². The highest BCUT2D eigenvalue weighted by molar-refractivity contribution is 5.39. The van der Waals surface area contributed by atoms with Crippen LogP contribution in [-0.2, 0) is 0 Å². The standard InChI is InChI=1S/C14H21NO2/c1-10-4-3-5-11(2)14(10)17-9-13(16)8-15-12-6-7-12/h3-5,12-13,15-16H,6-9H2,1-2H3. The Hall–Kier alpha value is -1.06. The van der Waals surface area contributed by atoms with Gasteiger partial charge in [-0.25, -0.2) is 0 Å². The molecule has 3 nitrogen and oxygen atoms in total. The average Bonchev–Trinajstić information content (AvgIpc) is 3.09. The topological polar surface area (TPSA) is 41.5 Å². The molecule has 94 valence electrons. The fourth-order valence-electron chi connectivity index (χ4n) is 1.86. The second-order valence-electron chi connectivity index (χ2n) is 4.87. The van der Waals surface area contributed by atoms with Crippen LogP contribution in [0, 0.1) is 13.8 Å². The molecule has 1 atom stereocenters. The summed E-state index contributed by atoms with van der Waals surface area (Å²) in [5, 5.41) is 13.1. The third-order valence-corrected chi connectivity index (χ3v) is 3.05. The summed E-state index contributed by atoms with van der Waals surface area (Å²) in [6, 6.07) is 6.70. The molecular formula is C14H21NO2. The minimum absolute atomic E-state index is 0.353. The lowest BCUT2D eigenvalue weighted by molar-refractivity contribution is 0.105. The van der Waals surface area contributed by atoms with Gasteiger partial charge in [0.2, 0.25) is 0 Å². The quantitative estimate of drug-likeness (QED) is 0.790. The first-order valence-corrected chi connectivity index (χ1v) is 6.27. The number of aryl methyl sites for hydroxylation is 2. The summed E-state index contributed by atoms with van der Waals surface area (Å²) in [5.74, 6) is 0.901. The van der Waals surface area contributed by atoms with Crippen molar-refractivity contribution >= 4 is 0 Å². The monoisotopic (exact) mass is 235 g/mol. The summed E-state index contributed by atoms with van der Waals surface area (Å²) in [4.78, 5) is 0. The molecule has 2 rings (SSSR count). The maximum Gasteiger partial charge on any atom is 0.125 e. The number of hydrogen-bond donors (Lipinski definition) is 2. The molecule has 0 heterocycles. The predicted molar refractivity (Wildman–Crippen MR) is 68.4 cm³/mol. The summed E-state index contributed by atoms with van der Waals surface area (Å²) in [7, 11) is 0. The van der Waals surface area contributed by atoms with Crippen molar-refractivity contribution in [3.8, 4) is 5.75 Å². The maximum atomic E-state index is 9.78. The third-order valence-electron chi connectivity index (χ3n) is 3.05. The lowest BCUT2D eigenvalue weighted by Gasteiger charge is -2.16. The maximum absolute atomic E-state index is 9.78. The van der Waals surface area contributed by atoms with Crippen LogP contribution < -0.4 is 10.1 Å². The number of hydrogen-bond acceptors (Lipinski definition) is 3. The van der Waals surface area contributed by atoms with E-state index < -0.39 is 6.10 Å². The van der Waals surface area contributed by atoms with E-state index in [0.717, 1.165) is 16.9 Å². The summed E-state index contributed by atoms with van der Waals surface area (Å²) >= 11 is 0. The van der Waals surface area contributed by atoms with Gasteiger partial charge < -0.3 is 15.2 Å². The highest BCUT2D eigenvalue weighted by atomic mass is 16.5.